The van der Waals surface area contributed by atoms with Gasteiger partial charge in [0.25, 0.3) is 0 Å². The predicted octanol–water partition coefficient (Wildman–Crippen LogP) is 16.0. The molecular weight excluding hydrogens is 709 g/mol. The average Bonchev–Trinajstić information content (AvgIpc) is 3.21. The fraction of sp³-hybridized carbons (Fsp3) is 0.863. The van der Waals surface area contributed by atoms with E-state index in [-0.39, 0.29) is 31.1 Å². The van der Waals surface area contributed by atoms with E-state index in [1.54, 1.807) is 0 Å². The lowest BCUT2D eigenvalue weighted by Crippen LogP contribution is -2.30. The van der Waals surface area contributed by atoms with Crippen molar-refractivity contribution in [3.05, 3.63) is 24.3 Å². The van der Waals surface area contributed by atoms with Crippen LogP contribution < -0.4 is 0 Å². The summed E-state index contributed by atoms with van der Waals surface area (Å²) >= 11 is 0. The highest BCUT2D eigenvalue weighted by molar-refractivity contribution is 5.71. The Morgan fingerprint density at radius 1 is 0.333 bits per heavy atom. The van der Waals surface area contributed by atoms with Gasteiger partial charge in [-0.1, -0.05) is 199 Å². The molecule has 0 rings (SSSR count). The number of esters is 3. The minimum atomic E-state index is -0.770. The highest BCUT2D eigenvalue weighted by Gasteiger charge is 2.19. The van der Waals surface area contributed by atoms with Gasteiger partial charge in [-0.05, 0) is 70.6 Å². The van der Waals surface area contributed by atoms with E-state index in [1.807, 2.05) is 0 Å². The maximum Gasteiger partial charge on any atom is 0.306 e. The van der Waals surface area contributed by atoms with Gasteiger partial charge < -0.3 is 14.2 Å². The summed E-state index contributed by atoms with van der Waals surface area (Å²) in [7, 11) is 0. The Balaban J connectivity index is 4.25. The molecule has 0 bridgehead atoms. The van der Waals surface area contributed by atoms with Crippen LogP contribution in [0, 0.1) is 0 Å². The highest BCUT2D eigenvalue weighted by Crippen LogP contribution is 2.14. The van der Waals surface area contributed by atoms with Gasteiger partial charge in [0.05, 0.1) is 0 Å². The number of allylic oxidation sites excluding steroid dienone is 4. The summed E-state index contributed by atoms with van der Waals surface area (Å²) in [5, 5.41) is 0. The summed E-state index contributed by atoms with van der Waals surface area (Å²) in [5.41, 5.74) is 0. The molecule has 0 aliphatic heterocycles. The normalized spacial score (nSPS) is 12.1. The summed E-state index contributed by atoms with van der Waals surface area (Å²) < 4.78 is 16.7. The second-order valence-electron chi connectivity index (χ2n) is 16.7. The lowest BCUT2D eigenvalue weighted by molar-refractivity contribution is -0.167. The fourth-order valence-electron chi connectivity index (χ4n) is 7.14. The van der Waals surface area contributed by atoms with Crippen LogP contribution in [0.5, 0.6) is 0 Å². The number of rotatable bonds is 45. The molecule has 0 aromatic rings. The van der Waals surface area contributed by atoms with Crippen molar-refractivity contribution in [2.75, 3.05) is 13.2 Å². The zero-order valence-electron chi connectivity index (χ0n) is 38.1. The molecule has 6 nitrogen and oxygen atoms in total. The smallest absolute Gasteiger partial charge is 0.306 e. The molecular formula is C51H94O6. The van der Waals surface area contributed by atoms with E-state index < -0.39 is 6.10 Å². The largest absolute Gasteiger partial charge is 0.462 e. The molecule has 0 radical (unpaired) electrons. The molecule has 0 N–H and O–H groups in total. The first-order chi connectivity index (χ1) is 28.0. The van der Waals surface area contributed by atoms with Crippen molar-refractivity contribution < 1.29 is 28.6 Å². The molecule has 0 heterocycles. The van der Waals surface area contributed by atoms with Crippen LogP contribution >= 0.6 is 0 Å². The van der Waals surface area contributed by atoms with Gasteiger partial charge in [-0.2, -0.15) is 0 Å². The van der Waals surface area contributed by atoms with Crippen molar-refractivity contribution in [2.45, 2.75) is 271 Å². The number of ether oxygens (including phenoxy) is 3. The Bertz CT molecular complexity index is 927. The lowest BCUT2D eigenvalue weighted by Gasteiger charge is -2.18. The van der Waals surface area contributed by atoms with Crippen LogP contribution in [0.25, 0.3) is 0 Å². The summed E-state index contributed by atoms with van der Waals surface area (Å²) in [5.74, 6) is -0.885. The van der Waals surface area contributed by atoms with Crippen molar-refractivity contribution in [3.8, 4) is 0 Å². The van der Waals surface area contributed by atoms with E-state index in [9.17, 15) is 14.4 Å². The zero-order chi connectivity index (χ0) is 41.5. The number of carbonyl (C=O) groups is 3. The van der Waals surface area contributed by atoms with Gasteiger partial charge in [0.1, 0.15) is 13.2 Å². The Labute approximate surface area is 353 Å². The Morgan fingerprint density at radius 2 is 0.579 bits per heavy atom. The SMILES string of the molecule is CCCCCCC/C=C\CCCCCCCC(=O)OC(COC(=O)CCCCCCCCC)COC(=O)CCCCCCCCC/C=C\CCCCCCCCC. The minimum Gasteiger partial charge on any atom is -0.462 e. The van der Waals surface area contributed by atoms with Crippen LogP contribution in [0.3, 0.4) is 0 Å². The van der Waals surface area contributed by atoms with Gasteiger partial charge in [-0.3, -0.25) is 14.4 Å². The van der Waals surface area contributed by atoms with E-state index in [2.05, 4.69) is 45.1 Å². The van der Waals surface area contributed by atoms with Gasteiger partial charge in [0.2, 0.25) is 0 Å². The third-order valence-electron chi connectivity index (χ3n) is 10.9. The van der Waals surface area contributed by atoms with E-state index in [0.29, 0.717) is 19.3 Å². The summed E-state index contributed by atoms with van der Waals surface area (Å²) in [6, 6.07) is 0. The monoisotopic (exact) mass is 803 g/mol. The molecule has 1 unspecified atom stereocenters. The van der Waals surface area contributed by atoms with E-state index in [1.165, 1.54) is 161 Å². The first kappa shape index (κ1) is 54.9. The number of unbranched alkanes of at least 4 members (excludes halogenated alkanes) is 30. The molecule has 57 heavy (non-hydrogen) atoms. The second-order valence-corrected chi connectivity index (χ2v) is 16.7. The molecule has 0 saturated carbocycles. The van der Waals surface area contributed by atoms with Crippen LogP contribution in [0.1, 0.15) is 265 Å². The molecule has 0 spiro atoms. The third kappa shape index (κ3) is 44.8. The molecule has 0 aliphatic carbocycles. The Hall–Kier alpha value is -2.11. The second kappa shape index (κ2) is 46.6. The van der Waals surface area contributed by atoms with Gasteiger partial charge in [-0.15, -0.1) is 0 Å². The molecule has 0 fully saturated rings. The van der Waals surface area contributed by atoms with Gasteiger partial charge >= 0.3 is 17.9 Å². The van der Waals surface area contributed by atoms with Gasteiger partial charge in [0, 0.05) is 19.3 Å². The predicted molar refractivity (Wildman–Crippen MR) is 243 cm³/mol. The van der Waals surface area contributed by atoms with Gasteiger partial charge in [-0.25, -0.2) is 0 Å². The quantitative estimate of drug-likeness (QED) is 0.0264. The Morgan fingerprint density at radius 3 is 0.877 bits per heavy atom. The number of carbonyl (C=O) groups excluding carboxylic acids is 3. The van der Waals surface area contributed by atoms with Crippen LogP contribution in [0.2, 0.25) is 0 Å². The topological polar surface area (TPSA) is 78.9 Å². The zero-order valence-corrected chi connectivity index (χ0v) is 38.1. The minimum absolute atomic E-state index is 0.0738. The molecule has 0 aliphatic rings. The van der Waals surface area contributed by atoms with Crippen LogP contribution in [0.4, 0.5) is 0 Å². The van der Waals surface area contributed by atoms with Crippen LogP contribution in [-0.2, 0) is 28.6 Å². The van der Waals surface area contributed by atoms with Crippen molar-refractivity contribution in [3.63, 3.8) is 0 Å². The van der Waals surface area contributed by atoms with Crippen molar-refractivity contribution in [1.82, 2.24) is 0 Å². The average molecular weight is 803 g/mol. The molecule has 0 aromatic carbocycles. The molecule has 1 atom stereocenters. The lowest BCUT2D eigenvalue weighted by atomic mass is 10.1. The first-order valence-corrected chi connectivity index (χ1v) is 24.8. The maximum absolute atomic E-state index is 12.7. The first-order valence-electron chi connectivity index (χ1n) is 24.8. The fourth-order valence-corrected chi connectivity index (χ4v) is 7.14. The molecule has 0 amide bonds. The third-order valence-corrected chi connectivity index (χ3v) is 10.9. The van der Waals surface area contributed by atoms with Gasteiger partial charge in [0.15, 0.2) is 6.10 Å². The van der Waals surface area contributed by atoms with E-state index in [0.717, 1.165) is 64.2 Å². The summed E-state index contributed by atoms with van der Waals surface area (Å²) in [4.78, 5) is 37.7. The highest BCUT2D eigenvalue weighted by atomic mass is 16.6. The number of hydrogen-bond acceptors (Lipinski definition) is 6. The summed E-state index contributed by atoms with van der Waals surface area (Å²) in [6.45, 7) is 6.59. The molecule has 0 aromatic heterocycles. The molecule has 0 saturated heterocycles. The van der Waals surface area contributed by atoms with Crippen LogP contribution in [0.15, 0.2) is 24.3 Å². The van der Waals surface area contributed by atoms with E-state index >= 15 is 0 Å². The van der Waals surface area contributed by atoms with Crippen molar-refractivity contribution in [1.29, 1.82) is 0 Å². The molecule has 6 heteroatoms. The maximum atomic E-state index is 12.7. The van der Waals surface area contributed by atoms with Crippen LogP contribution in [-0.4, -0.2) is 37.2 Å². The Kier molecular flexibility index (Phi) is 44.9. The summed E-state index contributed by atoms with van der Waals surface area (Å²) in [6.07, 6.45) is 51.7. The van der Waals surface area contributed by atoms with E-state index in [4.69, 9.17) is 14.2 Å². The standard InChI is InChI=1S/C51H94O6/c1-4-7-10-13-16-18-20-22-24-25-26-27-29-30-32-35-38-41-44-50(53)56-47-48(46-55-49(52)43-40-37-34-15-12-9-6-3)57-51(54)45-42-39-36-33-31-28-23-21-19-17-14-11-8-5-2/h21,23-25,48H,4-20,22,26-47H2,1-3H3/b23-21-,25-24-. The van der Waals surface area contributed by atoms with Crippen molar-refractivity contribution in [2.24, 2.45) is 0 Å². The molecule has 334 valence electrons. The van der Waals surface area contributed by atoms with Crippen molar-refractivity contribution >= 4 is 17.9 Å². The number of hydrogen-bond donors (Lipinski definition) is 0.